The van der Waals surface area contributed by atoms with Crippen molar-refractivity contribution in [2.45, 2.75) is 174 Å². The van der Waals surface area contributed by atoms with E-state index in [0.29, 0.717) is 13.0 Å². The number of carbonyl (C=O) groups is 1. The van der Waals surface area contributed by atoms with Crippen LogP contribution in [-0.4, -0.2) is 49.9 Å². The highest BCUT2D eigenvalue weighted by Crippen LogP contribution is 2.43. The van der Waals surface area contributed by atoms with Crippen molar-refractivity contribution in [3.8, 4) is 0 Å². The van der Waals surface area contributed by atoms with Gasteiger partial charge >= 0.3 is 13.8 Å². The monoisotopic (exact) mass is 830 g/mol. The molecular weight excluding hydrogens is 746 g/mol. The molecule has 0 saturated carbocycles. The van der Waals surface area contributed by atoms with E-state index in [9.17, 15) is 14.3 Å². The third-order valence-electron chi connectivity index (χ3n) is 8.99. The van der Waals surface area contributed by atoms with Crippen molar-refractivity contribution in [2.24, 2.45) is 5.73 Å². The molecule has 0 aromatic rings. The lowest BCUT2D eigenvalue weighted by molar-refractivity contribution is -0.154. The van der Waals surface area contributed by atoms with Crippen LogP contribution >= 0.6 is 7.82 Å². The third-order valence-corrected chi connectivity index (χ3v) is 9.97. The van der Waals surface area contributed by atoms with E-state index >= 15 is 0 Å². The number of carbonyl (C=O) groups excluding carboxylic acids is 1. The lowest BCUT2D eigenvalue weighted by Gasteiger charge is -2.20. The summed E-state index contributed by atoms with van der Waals surface area (Å²) in [6.45, 7) is 4.69. The van der Waals surface area contributed by atoms with Crippen LogP contribution in [0.25, 0.3) is 0 Å². The average molecular weight is 830 g/mol. The Bertz CT molecular complexity index is 1200. The molecule has 0 aliphatic carbocycles. The van der Waals surface area contributed by atoms with E-state index in [1.807, 2.05) is 0 Å². The number of hydrogen-bond donors (Lipinski definition) is 2. The van der Waals surface area contributed by atoms with E-state index in [2.05, 4.69) is 111 Å². The molecule has 0 bridgehead atoms. The zero-order valence-corrected chi connectivity index (χ0v) is 37.6. The maximum Gasteiger partial charge on any atom is 0.472 e. The summed E-state index contributed by atoms with van der Waals surface area (Å²) in [7, 11) is -4.30. The summed E-state index contributed by atoms with van der Waals surface area (Å²) in [5.41, 5.74) is 5.37. The molecule has 0 aliphatic heterocycles. The largest absolute Gasteiger partial charge is 0.472 e. The summed E-state index contributed by atoms with van der Waals surface area (Å²) in [5, 5.41) is 0. The molecule has 0 aliphatic rings. The number of hydrogen-bond acceptors (Lipinski definition) is 7. The van der Waals surface area contributed by atoms with Crippen molar-refractivity contribution < 1.29 is 32.8 Å². The molecule has 0 aromatic carbocycles. The zero-order valence-electron chi connectivity index (χ0n) is 36.7. The van der Waals surface area contributed by atoms with Gasteiger partial charge in [-0.15, -0.1) is 0 Å². The summed E-state index contributed by atoms with van der Waals surface area (Å²) in [6.07, 6.45) is 60.0. The Morgan fingerprint density at radius 2 is 0.966 bits per heavy atom. The Kier molecular flexibility index (Phi) is 43.5. The first kappa shape index (κ1) is 55.4. The Balaban J connectivity index is 4.13. The minimum atomic E-state index is -4.30. The van der Waals surface area contributed by atoms with Crippen LogP contribution in [0.15, 0.2) is 97.2 Å². The van der Waals surface area contributed by atoms with Gasteiger partial charge in [-0.05, 0) is 96.3 Å². The van der Waals surface area contributed by atoms with E-state index in [-0.39, 0.29) is 38.8 Å². The van der Waals surface area contributed by atoms with Crippen molar-refractivity contribution >= 4 is 13.8 Å². The van der Waals surface area contributed by atoms with Crippen LogP contribution in [-0.2, 0) is 27.9 Å². The minimum Gasteiger partial charge on any atom is -0.457 e. The van der Waals surface area contributed by atoms with Crippen LogP contribution in [0.2, 0.25) is 0 Å². The number of phosphoric ester groups is 1. The van der Waals surface area contributed by atoms with Gasteiger partial charge in [0.1, 0.15) is 6.10 Å². The fraction of sp³-hybridized carbons (Fsp3) is 0.653. The lowest BCUT2D eigenvalue weighted by Crippen LogP contribution is -2.28. The molecule has 0 heterocycles. The molecule has 0 rings (SSSR count). The Morgan fingerprint density at radius 1 is 0.534 bits per heavy atom. The molecule has 8 nitrogen and oxygen atoms in total. The topological polar surface area (TPSA) is 117 Å². The predicted molar refractivity (Wildman–Crippen MR) is 247 cm³/mol. The first-order chi connectivity index (χ1) is 28.4. The number of esters is 1. The summed E-state index contributed by atoms with van der Waals surface area (Å²) < 4.78 is 33.4. The fourth-order valence-corrected chi connectivity index (χ4v) is 6.44. The molecule has 0 spiro atoms. The Hall–Kier alpha value is -2.58. The second-order valence-corrected chi connectivity index (χ2v) is 16.0. The molecule has 332 valence electrons. The summed E-state index contributed by atoms with van der Waals surface area (Å²) >= 11 is 0. The SMILES string of the molecule is CC/C=C\C/C=C\C/C=C\C/C=C\C/C=C\CCCCCC(=O)OC(COCCCCCCCCC/C=C\C/C=C\C/C=C\CCCCC)COP(=O)(O)OCCN. The summed E-state index contributed by atoms with van der Waals surface area (Å²) in [4.78, 5) is 22.5. The van der Waals surface area contributed by atoms with Crippen molar-refractivity contribution in [1.82, 2.24) is 0 Å². The minimum absolute atomic E-state index is 0.0871. The molecule has 2 atom stereocenters. The summed E-state index contributed by atoms with van der Waals surface area (Å²) in [6, 6.07) is 0. The molecule has 0 radical (unpaired) electrons. The van der Waals surface area contributed by atoms with E-state index in [1.54, 1.807) is 0 Å². The van der Waals surface area contributed by atoms with Crippen LogP contribution in [0, 0.1) is 0 Å². The number of rotatable bonds is 42. The fourth-order valence-electron chi connectivity index (χ4n) is 5.68. The number of allylic oxidation sites excluding steroid dienone is 16. The molecule has 0 aromatic heterocycles. The molecule has 3 N–H and O–H groups in total. The van der Waals surface area contributed by atoms with Gasteiger partial charge in [-0.3, -0.25) is 13.8 Å². The van der Waals surface area contributed by atoms with Crippen LogP contribution < -0.4 is 5.73 Å². The average Bonchev–Trinajstić information content (AvgIpc) is 3.21. The number of unbranched alkanes of at least 4 members (excludes halogenated alkanes) is 13. The Labute approximate surface area is 355 Å². The molecule has 0 fully saturated rings. The van der Waals surface area contributed by atoms with E-state index in [1.165, 1.54) is 51.4 Å². The van der Waals surface area contributed by atoms with Crippen molar-refractivity contribution in [3.63, 3.8) is 0 Å². The molecule has 9 heteroatoms. The van der Waals surface area contributed by atoms with E-state index in [4.69, 9.17) is 24.3 Å². The van der Waals surface area contributed by atoms with Gasteiger partial charge in [-0.1, -0.05) is 162 Å². The van der Waals surface area contributed by atoms with Gasteiger partial charge in [0, 0.05) is 19.6 Å². The predicted octanol–water partition coefficient (Wildman–Crippen LogP) is 13.9. The second-order valence-electron chi connectivity index (χ2n) is 14.5. The van der Waals surface area contributed by atoms with Gasteiger partial charge in [0.2, 0.25) is 0 Å². The van der Waals surface area contributed by atoms with Gasteiger partial charge in [-0.2, -0.15) is 0 Å². The molecule has 0 saturated heterocycles. The van der Waals surface area contributed by atoms with Crippen molar-refractivity contribution in [2.75, 3.05) is 33.0 Å². The summed E-state index contributed by atoms with van der Waals surface area (Å²) in [5.74, 6) is -0.369. The van der Waals surface area contributed by atoms with E-state index in [0.717, 1.165) is 89.9 Å². The van der Waals surface area contributed by atoms with Crippen molar-refractivity contribution in [1.29, 1.82) is 0 Å². The second kappa shape index (κ2) is 45.5. The zero-order chi connectivity index (χ0) is 42.3. The van der Waals surface area contributed by atoms with Gasteiger partial charge in [0.25, 0.3) is 0 Å². The number of ether oxygens (including phenoxy) is 2. The molecule has 2 unspecified atom stereocenters. The maximum absolute atomic E-state index is 12.6. The first-order valence-corrected chi connectivity index (χ1v) is 24.2. The van der Waals surface area contributed by atoms with Gasteiger partial charge in [0.05, 0.1) is 19.8 Å². The number of nitrogens with two attached hydrogens (primary N) is 1. The smallest absolute Gasteiger partial charge is 0.457 e. The van der Waals surface area contributed by atoms with Crippen molar-refractivity contribution in [3.05, 3.63) is 97.2 Å². The van der Waals surface area contributed by atoms with Gasteiger partial charge in [0.15, 0.2) is 0 Å². The molecular formula is C49H84NO7P. The van der Waals surface area contributed by atoms with Gasteiger partial charge < -0.3 is 20.1 Å². The van der Waals surface area contributed by atoms with Crippen LogP contribution in [0.5, 0.6) is 0 Å². The van der Waals surface area contributed by atoms with Crippen LogP contribution in [0.3, 0.4) is 0 Å². The number of phosphoric acid groups is 1. The third kappa shape index (κ3) is 44.5. The molecule has 58 heavy (non-hydrogen) atoms. The van der Waals surface area contributed by atoms with Crippen LogP contribution in [0.1, 0.15) is 168 Å². The Morgan fingerprint density at radius 3 is 1.45 bits per heavy atom. The van der Waals surface area contributed by atoms with E-state index < -0.39 is 13.9 Å². The highest BCUT2D eigenvalue weighted by molar-refractivity contribution is 7.47. The standard InChI is InChI=1S/C49H84NO7P/c1-3-5-7-9-11-13-15-17-19-21-23-25-27-29-31-33-35-37-39-41-44-54-46-48(47-56-58(52,53)55-45-43-50)57-49(51)42-40-38-36-34-32-30-28-26-24-22-20-18-16-14-12-10-8-6-4-2/h6,8,11-14,17-20,23-26,30,32,48H,3-5,7,9-10,15-16,21-22,27-29,31,33-47,50H2,1-2H3,(H,52,53)/b8-6-,13-11-,14-12-,19-17-,20-18-,25-23-,26-24-,32-30-. The highest BCUT2D eigenvalue weighted by Gasteiger charge is 2.25. The lowest BCUT2D eigenvalue weighted by atomic mass is 10.1. The van der Waals surface area contributed by atoms with Gasteiger partial charge in [-0.25, -0.2) is 4.57 Å². The van der Waals surface area contributed by atoms with Crippen LogP contribution in [0.4, 0.5) is 0 Å². The highest BCUT2D eigenvalue weighted by atomic mass is 31.2. The first-order valence-electron chi connectivity index (χ1n) is 22.7. The maximum atomic E-state index is 12.6. The molecule has 0 amide bonds. The normalized spacial score (nSPS) is 14.3. The quantitative estimate of drug-likeness (QED) is 0.0270.